The molecular weight excluding hydrogens is 264 g/mol. The Labute approximate surface area is 119 Å². The monoisotopic (exact) mass is 284 g/mol. The van der Waals surface area contributed by atoms with Crippen LogP contribution in [0.5, 0.6) is 0 Å². The van der Waals surface area contributed by atoms with Gasteiger partial charge in [0, 0.05) is 30.9 Å². The van der Waals surface area contributed by atoms with Gasteiger partial charge >= 0.3 is 0 Å². The van der Waals surface area contributed by atoms with Crippen LogP contribution in [0.15, 0.2) is 18.2 Å². The second-order valence-corrected chi connectivity index (χ2v) is 4.87. The zero-order valence-electron chi connectivity index (χ0n) is 11.5. The van der Waals surface area contributed by atoms with Crippen LogP contribution < -0.4 is 5.73 Å². The third-order valence-corrected chi connectivity index (χ3v) is 3.08. The predicted molar refractivity (Wildman–Crippen MR) is 78.1 cm³/mol. The topological polar surface area (TPSA) is 55.6 Å². The van der Waals surface area contributed by atoms with Crippen LogP contribution in [0.1, 0.15) is 25.3 Å². The van der Waals surface area contributed by atoms with Crippen molar-refractivity contribution < 1.29 is 9.53 Å². The first-order chi connectivity index (χ1) is 9.04. The standard InChI is InChI=1S/C14H21ClN2O2/c1-3-7-19-8-6-14(18)17(2)10-11-9-12(16)4-5-13(11)15/h4-5,9H,3,6-8,10,16H2,1-2H3. The molecule has 0 heterocycles. The minimum Gasteiger partial charge on any atom is -0.399 e. The lowest BCUT2D eigenvalue weighted by molar-refractivity contribution is -0.131. The second kappa shape index (κ2) is 8.02. The molecule has 2 N–H and O–H groups in total. The van der Waals surface area contributed by atoms with Crippen molar-refractivity contribution in [2.45, 2.75) is 26.3 Å². The maximum Gasteiger partial charge on any atom is 0.224 e. The molecule has 0 aliphatic heterocycles. The Hall–Kier alpha value is -1.26. The zero-order chi connectivity index (χ0) is 14.3. The number of nitrogens with zero attached hydrogens (tertiary/aromatic N) is 1. The van der Waals surface area contributed by atoms with E-state index in [1.165, 1.54) is 0 Å². The highest BCUT2D eigenvalue weighted by Crippen LogP contribution is 2.20. The number of carbonyl (C=O) groups excluding carboxylic acids is 1. The third-order valence-electron chi connectivity index (χ3n) is 2.71. The van der Waals surface area contributed by atoms with Gasteiger partial charge < -0.3 is 15.4 Å². The number of amides is 1. The molecule has 19 heavy (non-hydrogen) atoms. The maximum atomic E-state index is 11.9. The molecule has 1 rings (SSSR count). The molecule has 5 heteroatoms. The van der Waals surface area contributed by atoms with Gasteiger partial charge in [-0.15, -0.1) is 0 Å². The summed E-state index contributed by atoms with van der Waals surface area (Å²) in [5, 5.41) is 0.621. The number of carbonyl (C=O) groups is 1. The van der Waals surface area contributed by atoms with Crippen LogP contribution in [-0.4, -0.2) is 31.1 Å². The maximum absolute atomic E-state index is 11.9. The van der Waals surface area contributed by atoms with Gasteiger partial charge in [-0.1, -0.05) is 18.5 Å². The van der Waals surface area contributed by atoms with Gasteiger partial charge in [0.15, 0.2) is 0 Å². The minimum absolute atomic E-state index is 0.0367. The van der Waals surface area contributed by atoms with Crippen molar-refractivity contribution in [3.63, 3.8) is 0 Å². The summed E-state index contributed by atoms with van der Waals surface area (Å²) in [6, 6.07) is 5.28. The van der Waals surface area contributed by atoms with E-state index in [-0.39, 0.29) is 5.91 Å². The quantitative estimate of drug-likeness (QED) is 0.619. The van der Waals surface area contributed by atoms with Crippen LogP contribution in [0, 0.1) is 0 Å². The summed E-state index contributed by atoms with van der Waals surface area (Å²) in [5.74, 6) is 0.0367. The van der Waals surface area contributed by atoms with E-state index < -0.39 is 0 Å². The Balaban J connectivity index is 2.47. The molecule has 0 radical (unpaired) electrons. The lowest BCUT2D eigenvalue weighted by Crippen LogP contribution is -2.27. The van der Waals surface area contributed by atoms with Gasteiger partial charge in [0.25, 0.3) is 0 Å². The van der Waals surface area contributed by atoms with Crippen LogP contribution >= 0.6 is 11.6 Å². The number of benzene rings is 1. The van der Waals surface area contributed by atoms with E-state index in [9.17, 15) is 4.79 Å². The van der Waals surface area contributed by atoms with E-state index in [1.54, 1.807) is 30.1 Å². The van der Waals surface area contributed by atoms with Gasteiger partial charge in [-0.25, -0.2) is 0 Å². The molecule has 0 aliphatic rings. The van der Waals surface area contributed by atoms with Crippen LogP contribution in [0.2, 0.25) is 5.02 Å². The average Bonchev–Trinajstić information content (AvgIpc) is 2.38. The number of anilines is 1. The van der Waals surface area contributed by atoms with Gasteiger partial charge in [0.2, 0.25) is 5.91 Å². The van der Waals surface area contributed by atoms with E-state index in [0.29, 0.717) is 36.9 Å². The summed E-state index contributed by atoms with van der Waals surface area (Å²) in [5.41, 5.74) is 7.21. The van der Waals surface area contributed by atoms with Gasteiger partial charge in [-0.3, -0.25) is 4.79 Å². The number of hydrogen-bond donors (Lipinski definition) is 1. The SMILES string of the molecule is CCCOCCC(=O)N(C)Cc1cc(N)ccc1Cl. The Bertz CT molecular complexity index is 424. The fraction of sp³-hybridized carbons (Fsp3) is 0.500. The van der Waals surface area contributed by atoms with Crippen LogP contribution in [-0.2, 0) is 16.1 Å². The Morgan fingerprint density at radius 1 is 1.42 bits per heavy atom. The zero-order valence-corrected chi connectivity index (χ0v) is 12.2. The average molecular weight is 285 g/mol. The number of rotatable bonds is 7. The molecule has 0 unspecified atom stereocenters. The van der Waals surface area contributed by atoms with Gasteiger partial charge in [-0.05, 0) is 30.2 Å². The molecule has 1 aromatic carbocycles. The third kappa shape index (κ3) is 5.49. The molecule has 0 atom stereocenters. The summed E-state index contributed by atoms with van der Waals surface area (Å²) >= 11 is 6.07. The van der Waals surface area contributed by atoms with Crippen LogP contribution in [0.4, 0.5) is 5.69 Å². The van der Waals surface area contributed by atoms with Crippen molar-refractivity contribution in [1.29, 1.82) is 0 Å². The Morgan fingerprint density at radius 3 is 2.84 bits per heavy atom. The first kappa shape index (κ1) is 15.8. The van der Waals surface area contributed by atoms with Crippen molar-refractivity contribution in [3.05, 3.63) is 28.8 Å². The number of ether oxygens (including phenoxy) is 1. The summed E-state index contributed by atoms with van der Waals surface area (Å²) < 4.78 is 5.30. The van der Waals surface area contributed by atoms with Crippen LogP contribution in [0.3, 0.4) is 0 Å². The first-order valence-electron chi connectivity index (χ1n) is 6.40. The molecule has 0 fully saturated rings. The molecule has 1 aromatic rings. The molecule has 0 bridgehead atoms. The van der Waals surface area contributed by atoms with E-state index in [1.807, 2.05) is 6.92 Å². The highest BCUT2D eigenvalue weighted by atomic mass is 35.5. The summed E-state index contributed by atoms with van der Waals surface area (Å²) in [4.78, 5) is 13.5. The predicted octanol–water partition coefficient (Wildman–Crippen LogP) is 2.70. The Morgan fingerprint density at radius 2 is 2.16 bits per heavy atom. The molecule has 0 saturated heterocycles. The molecular formula is C14H21ClN2O2. The van der Waals surface area contributed by atoms with E-state index in [0.717, 1.165) is 12.0 Å². The molecule has 1 amide bonds. The van der Waals surface area contributed by atoms with Crippen molar-refractivity contribution in [2.24, 2.45) is 0 Å². The fourth-order valence-electron chi connectivity index (χ4n) is 1.66. The first-order valence-corrected chi connectivity index (χ1v) is 6.78. The number of nitrogen functional groups attached to an aromatic ring is 1. The number of halogens is 1. The smallest absolute Gasteiger partial charge is 0.224 e. The molecule has 0 saturated carbocycles. The lowest BCUT2D eigenvalue weighted by atomic mass is 10.2. The molecule has 0 spiro atoms. The number of hydrogen-bond acceptors (Lipinski definition) is 3. The van der Waals surface area contributed by atoms with Gasteiger partial charge in [0.1, 0.15) is 0 Å². The van der Waals surface area contributed by atoms with Crippen molar-refractivity contribution >= 4 is 23.2 Å². The van der Waals surface area contributed by atoms with E-state index >= 15 is 0 Å². The van der Waals surface area contributed by atoms with Gasteiger partial charge in [-0.2, -0.15) is 0 Å². The Kier molecular flexibility index (Phi) is 6.67. The largest absolute Gasteiger partial charge is 0.399 e. The van der Waals surface area contributed by atoms with Crippen LogP contribution in [0.25, 0.3) is 0 Å². The molecule has 0 aliphatic carbocycles. The fourth-order valence-corrected chi connectivity index (χ4v) is 1.83. The van der Waals surface area contributed by atoms with Gasteiger partial charge in [0.05, 0.1) is 13.0 Å². The van der Waals surface area contributed by atoms with Crippen molar-refractivity contribution in [2.75, 3.05) is 26.0 Å². The summed E-state index contributed by atoms with van der Waals surface area (Å²) in [7, 11) is 1.75. The highest BCUT2D eigenvalue weighted by Gasteiger charge is 2.11. The van der Waals surface area contributed by atoms with E-state index in [2.05, 4.69) is 0 Å². The van der Waals surface area contributed by atoms with Crippen molar-refractivity contribution in [3.8, 4) is 0 Å². The minimum atomic E-state index is 0.0367. The molecule has 106 valence electrons. The van der Waals surface area contributed by atoms with E-state index in [4.69, 9.17) is 22.1 Å². The second-order valence-electron chi connectivity index (χ2n) is 4.46. The molecule has 0 aromatic heterocycles. The summed E-state index contributed by atoms with van der Waals surface area (Å²) in [6.45, 7) is 3.64. The molecule has 4 nitrogen and oxygen atoms in total. The summed E-state index contributed by atoms with van der Waals surface area (Å²) in [6.07, 6.45) is 1.35. The lowest BCUT2D eigenvalue weighted by Gasteiger charge is -2.18. The van der Waals surface area contributed by atoms with Crippen molar-refractivity contribution in [1.82, 2.24) is 4.90 Å². The number of nitrogens with two attached hydrogens (primary N) is 1. The normalized spacial score (nSPS) is 10.5. The highest BCUT2D eigenvalue weighted by molar-refractivity contribution is 6.31.